The number of hydrogen-bond donors (Lipinski definition) is 1. The van der Waals surface area contributed by atoms with Crippen LogP contribution in [-0.2, 0) is 27.5 Å². The summed E-state index contributed by atoms with van der Waals surface area (Å²) >= 11 is 0. The molecule has 186 valence electrons. The van der Waals surface area contributed by atoms with E-state index in [0.29, 0.717) is 13.0 Å². The molecule has 1 heterocycles. The van der Waals surface area contributed by atoms with Gasteiger partial charge in [-0.1, -0.05) is 20.8 Å². The van der Waals surface area contributed by atoms with Crippen molar-refractivity contribution >= 4 is 15.9 Å². The monoisotopic (exact) mass is 490 g/mol. The third kappa shape index (κ3) is 6.79. The summed E-state index contributed by atoms with van der Waals surface area (Å²) in [5.41, 5.74) is -7.15. The molecule has 0 aromatic carbocycles. The molecule has 11 heteroatoms. The molecule has 3 atom stereocenters. The highest BCUT2D eigenvalue weighted by Crippen LogP contribution is 2.66. The first-order valence-electron chi connectivity index (χ1n) is 11.0. The fourth-order valence-electron chi connectivity index (χ4n) is 2.85. The quantitative estimate of drug-likeness (QED) is 0.284. The van der Waals surface area contributed by atoms with E-state index < -0.39 is 39.6 Å². The molecule has 0 amide bonds. The van der Waals surface area contributed by atoms with Crippen molar-refractivity contribution in [1.82, 2.24) is 0 Å². The van der Waals surface area contributed by atoms with Gasteiger partial charge in [-0.2, -0.15) is 8.78 Å². The molecule has 7 nitrogen and oxygen atoms in total. The third-order valence-electron chi connectivity index (χ3n) is 6.03. The van der Waals surface area contributed by atoms with Gasteiger partial charge < -0.3 is 28.1 Å². The normalized spacial score (nSPS) is 22.2. The van der Waals surface area contributed by atoms with Gasteiger partial charge in [0.1, 0.15) is 6.10 Å². The average molecular weight is 491 g/mol. The van der Waals surface area contributed by atoms with Gasteiger partial charge in [-0.25, -0.2) is 0 Å². The van der Waals surface area contributed by atoms with Crippen LogP contribution in [0.1, 0.15) is 60.8 Å². The van der Waals surface area contributed by atoms with Crippen molar-refractivity contribution in [2.24, 2.45) is 0 Å². The van der Waals surface area contributed by atoms with Crippen molar-refractivity contribution in [3.05, 3.63) is 0 Å². The molecular weight excluding hydrogens is 449 g/mol. The number of aliphatic hydroxyl groups is 1. The summed E-state index contributed by atoms with van der Waals surface area (Å²) in [6.07, 6.45) is -0.111. The molecule has 1 fully saturated rings. The summed E-state index contributed by atoms with van der Waals surface area (Å²) in [6.45, 7) is 13.4. The van der Waals surface area contributed by atoms with E-state index in [-0.39, 0.29) is 24.9 Å². The van der Waals surface area contributed by atoms with Gasteiger partial charge in [0, 0.05) is 6.61 Å². The summed E-state index contributed by atoms with van der Waals surface area (Å²) in [5.74, 6) is 0. The van der Waals surface area contributed by atoms with Gasteiger partial charge in [-0.05, 0) is 58.2 Å². The van der Waals surface area contributed by atoms with Crippen LogP contribution in [0.3, 0.4) is 0 Å². The van der Waals surface area contributed by atoms with Crippen LogP contribution in [0.15, 0.2) is 0 Å². The molecule has 0 aromatic rings. The highest BCUT2D eigenvalue weighted by Gasteiger charge is 2.68. The van der Waals surface area contributed by atoms with Crippen LogP contribution in [0.25, 0.3) is 0 Å². The minimum absolute atomic E-state index is 0.181. The summed E-state index contributed by atoms with van der Waals surface area (Å²) in [7, 11) is -7.35. The lowest BCUT2D eigenvalue weighted by Gasteiger charge is -2.44. The molecule has 0 aliphatic carbocycles. The van der Waals surface area contributed by atoms with E-state index in [4.69, 9.17) is 22.9 Å². The zero-order chi connectivity index (χ0) is 24.1. The van der Waals surface area contributed by atoms with Gasteiger partial charge >= 0.3 is 13.3 Å². The lowest BCUT2D eigenvalue weighted by atomic mass is 9.99. The van der Waals surface area contributed by atoms with Gasteiger partial charge in [0.25, 0.3) is 0 Å². The maximum atomic E-state index is 15.6. The zero-order valence-corrected chi connectivity index (χ0v) is 22.1. The Hall–Kier alpha value is 0.0669. The van der Waals surface area contributed by atoms with Crippen LogP contribution in [0.4, 0.5) is 8.78 Å². The Balaban J connectivity index is 3.27. The predicted molar refractivity (Wildman–Crippen MR) is 118 cm³/mol. The fourth-order valence-corrected chi connectivity index (χ4v) is 5.62. The van der Waals surface area contributed by atoms with Crippen LogP contribution >= 0.6 is 7.60 Å². The summed E-state index contributed by atoms with van der Waals surface area (Å²) < 4.78 is 71.3. The highest BCUT2D eigenvalue weighted by atomic mass is 31.2. The van der Waals surface area contributed by atoms with E-state index in [1.807, 2.05) is 33.9 Å². The summed E-state index contributed by atoms with van der Waals surface area (Å²) in [6, 6.07) is 0. The minimum Gasteiger partial charge on any atom is -0.414 e. The Morgan fingerprint density at radius 1 is 1.13 bits per heavy atom. The second kappa shape index (κ2) is 11.0. The predicted octanol–water partition coefficient (Wildman–Crippen LogP) is 5.53. The van der Waals surface area contributed by atoms with E-state index in [1.165, 1.54) is 13.8 Å². The van der Waals surface area contributed by atoms with Crippen LogP contribution in [0.5, 0.6) is 0 Å². The average Bonchev–Trinajstić information content (AvgIpc) is 2.65. The molecule has 0 saturated carbocycles. The Morgan fingerprint density at radius 2 is 1.68 bits per heavy atom. The number of ether oxygens (including phenoxy) is 2. The lowest BCUT2D eigenvalue weighted by molar-refractivity contribution is -0.263. The van der Waals surface area contributed by atoms with Crippen molar-refractivity contribution in [2.75, 3.05) is 26.4 Å². The van der Waals surface area contributed by atoms with Crippen molar-refractivity contribution in [1.29, 1.82) is 0 Å². The molecule has 0 radical (unpaired) electrons. The topological polar surface area (TPSA) is 83.5 Å². The first kappa shape index (κ1) is 29.1. The van der Waals surface area contributed by atoms with E-state index in [1.54, 1.807) is 0 Å². The van der Waals surface area contributed by atoms with Gasteiger partial charge in [0.2, 0.25) is 0 Å². The van der Waals surface area contributed by atoms with E-state index in [2.05, 4.69) is 0 Å². The maximum absolute atomic E-state index is 15.6. The molecule has 0 bridgehead atoms. The van der Waals surface area contributed by atoms with Crippen molar-refractivity contribution in [3.8, 4) is 0 Å². The molecule has 0 spiro atoms. The van der Waals surface area contributed by atoms with Crippen LogP contribution in [0, 0.1) is 0 Å². The second-order valence-corrected chi connectivity index (χ2v) is 16.4. The minimum atomic E-state index is -5.00. The van der Waals surface area contributed by atoms with E-state index in [0.717, 1.165) is 19.8 Å². The number of rotatable bonds is 12. The zero-order valence-electron chi connectivity index (χ0n) is 20.2. The number of halogens is 2. The molecule has 1 aliphatic heterocycles. The maximum Gasteiger partial charge on any atom is 0.402 e. The van der Waals surface area contributed by atoms with E-state index >= 15 is 8.78 Å². The van der Waals surface area contributed by atoms with Crippen molar-refractivity contribution in [2.45, 2.75) is 103 Å². The molecule has 0 aromatic heterocycles. The van der Waals surface area contributed by atoms with Crippen LogP contribution in [-0.4, -0.2) is 63.5 Å². The van der Waals surface area contributed by atoms with Crippen molar-refractivity contribution < 1.29 is 41.4 Å². The Labute approximate surface area is 186 Å². The van der Waals surface area contributed by atoms with Gasteiger partial charge in [0.15, 0.2) is 20.2 Å². The SMILES string of the molecule is CCOP(=O)(OCC)C(F)(F)[C@@](C)(O)[C@H](CO[Si](C)(C)C(C)(C)C)OC1CCCCO1. The fraction of sp³-hybridized carbons (Fsp3) is 1.00. The molecule has 1 saturated heterocycles. The highest BCUT2D eigenvalue weighted by molar-refractivity contribution is 7.55. The molecule has 1 aliphatic rings. The van der Waals surface area contributed by atoms with Gasteiger partial charge in [-0.15, -0.1) is 0 Å². The summed E-state index contributed by atoms with van der Waals surface area (Å²) in [5, 5.41) is 10.9. The Bertz CT molecular complexity index is 595. The number of alkyl halides is 2. The smallest absolute Gasteiger partial charge is 0.402 e. The molecular formula is C20H41F2O7PSi. The molecule has 1 unspecified atom stereocenters. The Kier molecular flexibility index (Phi) is 10.3. The molecule has 1 rings (SSSR count). The molecule has 31 heavy (non-hydrogen) atoms. The first-order chi connectivity index (χ1) is 14.1. The lowest BCUT2D eigenvalue weighted by Crippen LogP contribution is -2.59. The third-order valence-corrected chi connectivity index (χ3v) is 12.9. The number of hydrogen-bond acceptors (Lipinski definition) is 7. The van der Waals surface area contributed by atoms with Gasteiger partial charge in [0.05, 0.1) is 19.8 Å². The standard InChI is InChI=1S/C20H41F2O7PSi/c1-9-26-30(24,27-10-2)20(21,22)19(6,23)16(29-17-13-11-12-14-25-17)15-28-31(7,8)18(3,4)5/h16-17,23H,9-15H2,1-8H3/t16-,17?,19-/m0/s1. The summed E-state index contributed by atoms with van der Waals surface area (Å²) in [4.78, 5) is 0. The molecule has 1 N–H and O–H groups in total. The van der Waals surface area contributed by atoms with Gasteiger partial charge in [-0.3, -0.25) is 4.57 Å². The van der Waals surface area contributed by atoms with Crippen LogP contribution in [0.2, 0.25) is 18.1 Å². The largest absolute Gasteiger partial charge is 0.414 e. The first-order valence-corrected chi connectivity index (χ1v) is 15.4. The Morgan fingerprint density at radius 3 is 2.10 bits per heavy atom. The van der Waals surface area contributed by atoms with Crippen LogP contribution < -0.4 is 0 Å². The van der Waals surface area contributed by atoms with E-state index in [9.17, 15) is 9.67 Å². The van der Waals surface area contributed by atoms with Crippen molar-refractivity contribution in [3.63, 3.8) is 0 Å². The second-order valence-electron chi connectivity index (χ2n) is 9.51.